The lowest BCUT2D eigenvalue weighted by atomic mass is 10.1. The quantitative estimate of drug-likeness (QED) is 0.421. The molecule has 0 spiro atoms. The second-order valence-corrected chi connectivity index (χ2v) is 6.29. The lowest BCUT2D eigenvalue weighted by Gasteiger charge is -2.12. The zero-order chi connectivity index (χ0) is 22.2. The predicted octanol–water partition coefficient (Wildman–Crippen LogP) is 3.87. The maximum absolute atomic E-state index is 12.6. The number of carbonyl (C=O) groups is 2. The Labute approximate surface area is 177 Å². The van der Waals surface area contributed by atoms with E-state index in [1.807, 2.05) is 6.07 Å². The van der Waals surface area contributed by atoms with Gasteiger partial charge < -0.3 is 20.1 Å². The third-order valence-corrected chi connectivity index (χ3v) is 4.20. The second-order valence-electron chi connectivity index (χ2n) is 6.29. The summed E-state index contributed by atoms with van der Waals surface area (Å²) < 4.78 is 10.3. The summed E-state index contributed by atoms with van der Waals surface area (Å²) in [5.41, 5.74) is 0.836. The van der Waals surface area contributed by atoms with Crippen LogP contribution in [0.2, 0.25) is 0 Å². The van der Waals surface area contributed by atoms with E-state index in [0.717, 1.165) is 0 Å². The Bertz CT molecular complexity index is 1100. The molecular formula is C22H19N3O6. The van der Waals surface area contributed by atoms with E-state index in [1.54, 1.807) is 48.5 Å². The van der Waals surface area contributed by atoms with Crippen LogP contribution in [0.1, 0.15) is 10.4 Å². The minimum absolute atomic E-state index is 0.0731. The van der Waals surface area contributed by atoms with E-state index in [-0.39, 0.29) is 22.7 Å². The SMILES string of the molecule is COc1ccc(OCC(=O)Nc2ccccc2C(=O)Nc2ccccc2)c([N+](=O)[O-])c1. The van der Waals surface area contributed by atoms with E-state index in [4.69, 9.17) is 9.47 Å². The first-order chi connectivity index (χ1) is 15.0. The number of anilines is 2. The summed E-state index contributed by atoms with van der Waals surface area (Å²) in [5, 5.41) is 16.6. The van der Waals surface area contributed by atoms with Crippen molar-refractivity contribution >= 4 is 28.9 Å². The minimum Gasteiger partial charge on any atom is -0.496 e. The Morgan fingerprint density at radius 3 is 2.39 bits per heavy atom. The molecule has 0 heterocycles. The molecule has 0 aliphatic carbocycles. The summed E-state index contributed by atoms with van der Waals surface area (Å²) in [4.78, 5) is 35.6. The number of methoxy groups -OCH3 is 1. The average Bonchev–Trinajstić information content (AvgIpc) is 2.78. The number of hydrogen-bond acceptors (Lipinski definition) is 6. The van der Waals surface area contributed by atoms with Crippen LogP contribution in [0.25, 0.3) is 0 Å². The highest BCUT2D eigenvalue weighted by Crippen LogP contribution is 2.31. The number of carbonyl (C=O) groups excluding carboxylic acids is 2. The van der Waals surface area contributed by atoms with E-state index in [2.05, 4.69) is 10.6 Å². The highest BCUT2D eigenvalue weighted by Gasteiger charge is 2.18. The van der Waals surface area contributed by atoms with Crippen LogP contribution in [0.4, 0.5) is 17.1 Å². The molecule has 0 bridgehead atoms. The number of nitrogens with one attached hydrogen (secondary N) is 2. The van der Waals surface area contributed by atoms with Crippen LogP contribution >= 0.6 is 0 Å². The molecule has 0 unspecified atom stereocenters. The molecule has 2 amide bonds. The number of amides is 2. The smallest absolute Gasteiger partial charge is 0.314 e. The van der Waals surface area contributed by atoms with Crippen molar-refractivity contribution in [1.29, 1.82) is 0 Å². The third-order valence-electron chi connectivity index (χ3n) is 4.20. The van der Waals surface area contributed by atoms with Crippen molar-refractivity contribution in [2.24, 2.45) is 0 Å². The number of benzene rings is 3. The first-order valence-corrected chi connectivity index (χ1v) is 9.18. The van der Waals surface area contributed by atoms with E-state index >= 15 is 0 Å². The zero-order valence-corrected chi connectivity index (χ0v) is 16.5. The van der Waals surface area contributed by atoms with Gasteiger partial charge in [0.25, 0.3) is 11.8 Å². The molecular weight excluding hydrogens is 402 g/mol. The molecule has 31 heavy (non-hydrogen) atoms. The maximum Gasteiger partial charge on any atom is 0.314 e. The molecule has 0 saturated heterocycles. The average molecular weight is 421 g/mol. The van der Waals surface area contributed by atoms with Crippen molar-refractivity contribution in [1.82, 2.24) is 0 Å². The maximum atomic E-state index is 12.6. The number of ether oxygens (including phenoxy) is 2. The van der Waals surface area contributed by atoms with Gasteiger partial charge >= 0.3 is 5.69 Å². The fraction of sp³-hybridized carbons (Fsp3) is 0.0909. The molecule has 158 valence electrons. The first-order valence-electron chi connectivity index (χ1n) is 9.18. The predicted molar refractivity (Wildman–Crippen MR) is 115 cm³/mol. The number of nitro groups is 1. The Hall–Kier alpha value is -4.40. The van der Waals surface area contributed by atoms with Gasteiger partial charge in [-0.25, -0.2) is 0 Å². The molecule has 0 aromatic heterocycles. The number of nitrogens with zero attached hydrogens (tertiary/aromatic N) is 1. The monoisotopic (exact) mass is 421 g/mol. The van der Waals surface area contributed by atoms with Crippen LogP contribution in [0, 0.1) is 10.1 Å². The number of para-hydroxylation sites is 2. The summed E-state index contributed by atoms with van der Waals surface area (Å²) in [5.74, 6) is -0.753. The lowest BCUT2D eigenvalue weighted by Crippen LogP contribution is -2.23. The molecule has 0 atom stereocenters. The van der Waals surface area contributed by atoms with Gasteiger partial charge in [-0.2, -0.15) is 0 Å². The van der Waals surface area contributed by atoms with Gasteiger partial charge in [0, 0.05) is 5.69 Å². The number of hydrogen-bond donors (Lipinski definition) is 2. The normalized spacial score (nSPS) is 10.1. The fourth-order valence-corrected chi connectivity index (χ4v) is 2.73. The molecule has 0 aliphatic rings. The zero-order valence-electron chi connectivity index (χ0n) is 16.5. The van der Waals surface area contributed by atoms with Gasteiger partial charge in [-0.15, -0.1) is 0 Å². The molecule has 0 saturated carbocycles. The van der Waals surface area contributed by atoms with Crippen LogP contribution in [-0.4, -0.2) is 30.5 Å². The van der Waals surface area contributed by atoms with Crippen molar-refractivity contribution in [3.63, 3.8) is 0 Å². The van der Waals surface area contributed by atoms with Crippen LogP contribution in [0.3, 0.4) is 0 Å². The summed E-state index contributed by atoms with van der Waals surface area (Å²) in [7, 11) is 1.39. The fourth-order valence-electron chi connectivity index (χ4n) is 2.73. The molecule has 2 N–H and O–H groups in total. The van der Waals surface area contributed by atoms with Crippen molar-refractivity contribution < 1.29 is 24.0 Å². The Morgan fingerprint density at radius 2 is 1.68 bits per heavy atom. The Morgan fingerprint density at radius 1 is 0.968 bits per heavy atom. The topological polar surface area (TPSA) is 120 Å². The van der Waals surface area contributed by atoms with E-state index < -0.39 is 23.3 Å². The van der Waals surface area contributed by atoms with Crippen LogP contribution in [0.15, 0.2) is 72.8 Å². The van der Waals surface area contributed by atoms with Gasteiger partial charge in [-0.1, -0.05) is 30.3 Å². The first kappa shape index (κ1) is 21.3. The Kier molecular flexibility index (Phi) is 6.79. The van der Waals surface area contributed by atoms with Crippen LogP contribution < -0.4 is 20.1 Å². The Balaban J connectivity index is 1.68. The molecule has 0 fully saturated rings. The highest BCUT2D eigenvalue weighted by molar-refractivity contribution is 6.10. The van der Waals surface area contributed by atoms with E-state index in [1.165, 1.54) is 25.3 Å². The van der Waals surface area contributed by atoms with E-state index in [9.17, 15) is 19.7 Å². The van der Waals surface area contributed by atoms with Gasteiger partial charge in [0.05, 0.1) is 29.4 Å². The molecule has 0 aliphatic heterocycles. The molecule has 0 radical (unpaired) electrons. The van der Waals surface area contributed by atoms with Gasteiger partial charge in [0.2, 0.25) is 0 Å². The summed E-state index contributed by atoms with van der Waals surface area (Å²) in [6.45, 7) is -0.484. The van der Waals surface area contributed by atoms with Crippen LogP contribution in [-0.2, 0) is 4.79 Å². The summed E-state index contributed by atoms with van der Waals surface area (Å²) in [6, 6.07) is 19.4. The molecule has 3 rings (SSSR count). The number of nitro benzene ring substituents is 1. The van der Waals surface area contributed by atoms with Gasteiger partial charge in [0.15, 0.2) is 12.4 Å². The second kappa shape index (κ2) is 9.88. The number of rotatable bonds is 8. The third kappa shape index (κ3) is 5.57. The van der Waals surface area contributed by atoms with Gasteiger partial charge in [-0.05, 0) is 36.4 Å². The van der Waals surface area contributed by atoms with E-state index in [0.29, 0.717) is 11.4 Å². The molecule has 9 nitrogen and oxygen atoms in total. The van der Waals surface area contributed by atoms with Crippen molar-refractivity contribution in [3.05, 3.63) is 88.5 Å². The standard InChI is InChI=1S/C22H19N3O6/c1-30-16-11-12-20(19(13-16)25(28)29)31-14-21(26)24-18-10-6-5-9-17(18)22(27)23-15-7-3-2-4-8-15/h2-13H,14H2,1H3,(H,23,27)(H,24,26). The highest BCUT2D eigenvalue weighted by atomic mass is 16.6. The molecule has 3 aromatic carbocycles. The lowest BCUT2D eigenvalue weighted by molar-refractivity contribution is -0.385. The molecule has 9 heteroatoms. The summed E-state index contributed by atoms with van der Waals surface area (Å²) >= 11 is 0. The summed E-state index contributed by atoms with van der Waals surface area (Å²) in [6.07, 6.45) is 0. The minimum atomic E-state index is -0.626. The largest absolute Gasteiger partial charge is 0.496 e. The van der Waals surface area contributed by atoms with Gasteiger partial charge in [0.1, 0.15) is 5.75 Å². The van der Waals surface area contributed by atoms with Gasteiger partial charge in [-0.3, -0.25) is 19.7 Å². The van der Waals surface area contributed by atoms with Crippen molar-refractivity contribution in [2.75, 3.05) is 24.4 Å². The molecule has 3 aromatic rings. The van der Waals surface area contributed by atoms with Crippen molar-refractivity contribution in [2.45, 2.75) is 0 Å². The van der Waals surface area contributed by atoms with Crippen molar-refractivity contribution in [3.8, 4) is 11.5 Å². The van der Waals surface area contributed by atoms with Crippen LogP contribution in [0.5, 0.6) is 11.5 Å².